The summed E-state index contributed by atoms with van der Waals surface area (Å²) in [6.45, 7) is 0. The number of fused-ring (bicyclic) bond motifs is 1. The second kappa shape index (κ2) is 8.47. The molecule has 0 aliphatic heterocycles. The monoisotopic (exact) mass is 431 g/mol. The molecule has 1 heterocycles. The Morgan fingerprint density at radius 3 is 2.59 bits per heavy atom. The molecule has 1 fully saturated rings. The van der Waals surface area contributed by atoms with Crippen LogP contribution in [0.2, 0.25) is 5.02 Å². The van der Waals surface area contributed by atoms with Crippen LogP contribution < -0.4 is 20.1 Å². The van der Waals surface area contributed by atoms with Crippen LogP contribution in [0.25, 0.3) is 10.2 Å². The van der Waals surface area contributed by atoms with Crippen LogP contribution in [-0.4, -0.2) is 37.2 Å². The van der Waals surface area contributed by atoms with Crippen molar-refractivity contribution in [3.05, 3.63) is 47.0 Å². The number of ether oxygens (including phenoxy) is 2. The standard InChI is InChI=1S/C21H22ClN3O3S/c1-27-16-7-4-8-17(28-2)19(16)20(26)23-13-5-3-6-14(13)24-21-25-15-11-12(22)9-10-18(15)29-21/h4,7-11,13-14H,3,5-6H2,1-2H3,(H,23,26)(H,24,25)/t13?,14-/m0/s1. The van der Waals surface area contributed by atoms with Crippen molar-refractivity contribution in [1.29, 1.82) is 0 Å². The second-order valence-electron chi connectivity index (χ2n) is 6.93. The second-order valence-corrected chi connectivity index (χ2v) is 8.40. The Kier molecular flexibility index (Phi) is 5.78. The predicted octanol–water partition coefficient (Wildman–Crippen LogP) is 4.73. The Labute approximate surface area is 178 Å². The highest BCUT2D eigenvalue weighted by molar-refractivity contribution is 7.22. The van der Waals surface area contributed by atoms with Gasteiger partial charge in [-0.3, -0.25) is 4.79 Å². The first kappa shape index (κ1) is 19.8. The Morgan fingerprint density at radius 1 is 1.14 bits per heavy atom. The van der Waals surface area contributed by atoms with E-state index < -0.39 is 0 Å². The highest BCUT2D eigenvalue weighted by Crippen LogP contribution is 2.32. The van der Waals surface area contributed by atoms with Crippen molar-refractivity contribution in [3.63, 3.8) is 0 Å². The van der Waals surface area contributed by atoms with Gasteiger partial charge in [-0.05, 0) is 49.6 Å². The van der Waals surface area contributed by atoms with Crippen molar-refractivity contribution in [1.82, 2.24) is 10.3 Å². The third-order valence-electron chi connectivity index (χ3n) is 5.15. The highest BCUT2D eigenvalue weighted by Gasteiger charge is 2.31. The van der Waals surface area contributed by atoms with Gasteiger partial charge in [-0.1, -0.05) is 29.0 Å². The maximum absolute atomic E-state index is 13.0. The number of carbonyl (C=O) groups is 1. The lowest BCUT2D eigenvalue weighted by Gasteiger charge is -2.23. The third-order valence-corrected chi connectivity index (χ3v) is 6.35. The molecular weight excluding hydrogens is 410 g/mol. The van der Waals surface area contributed by atoms with Crippen molar-refractivity contribution in [2.24, 2.45) is 0 Å². The number of nitrogens with zero attached hydrogens (tertiary/aromatic N) is 1. The van der Waals surface area contributed by atoms with Gasteiger partial charge in [0, 0.05) is 17.1 Å². The maximum Gasteiger partial charge on any atom is 0.259 e. The normalized spacial score (nSPS) is 18.6. The maximum atomic E-state index is 13.0. The van der Waals surface area contributed by atoms with Crippen LogP contribution in [0.1, 0.15) is 29.6 Å². The molecule has 2 atom stereocenters. The summed E-state index contributed by atoms with van der Waals surface area (Å²) in [6, 6.07) is 11.1. The zero-order chi connectivity index (χ0) is 20.4. The summed E-state index contributed by atoms with van der Waals surface area (Å²) in [5, 5.41) is 8.16. The highest BCUT2D eigenvalue weighted by atomic mass is 35.5. The fraction of sp³-hybridized carbons (Fsp3) is 0.333. The van der Waals surface area contributed by atoms with Crippen LogP contribution in [-0.2, 0) is 0 Å². The van der Waals surface area contributed by atoms with E-state index in [1.165, 1.54) is 0 Å². The van der Waals surface area contributed by atoms with Crippen LogP contribution in [0, 0.1) is 0 Å². The molecule has 8 heteroatoms. The first-order valence-electron chi connectivity index (χ1n) is 9.43. The minimum atomic E-state index is -0.200. The molecule has 4 rings (SSSR count). The molecule has 2 N–H and O–H groups in total. The zero-order valence-corrected chi connectivity index (χ0v) is 17.8. The average Bonchev–Trinajstić information content (AvgIpc) is 3.33. The topological polar surface area (TPSA) is 72.5 Å². The Morgan fingerprint density at radius 2 is 1.86 bits per heavy atom. The molecule has 29 heavy (non-hydrogen) atoms. The number of amides is 1. The summed E-state index contributed by atoms with van der Waals surface area (Å²) >= 11 is 7.65. The van der Waals surface area contributed by atoms with E-state index in [2.05, 4.69) is 15.6 Å². The average molecular weight is 432 g/mol. The van der Waals surface area contributed by atoms with Crippen LogP contribution in [0.3, 0.4) is 0 Å². The molecule has 1 aromatic heterocycles. The summed E-state index contributed by atoms with van der Waals surface area (Å²) in [7, 11) is 3.09. The number of aromatic nitrogens is 1. The lowest BCUT2D eigenvalue weighted by Crippen LogP contribution is -2.43. The number of carbonyl (C=O) groups excluding carboxylic acids is 1. The van der Waals surface area contributed by atoms with Gasteiger partial charge in [-0.15, -0.1) is 0 Å². The van der Waals surface area contributed by atoms with Gasteiger partial charge in [0.15, 0.2) is 5.13 Å². The summed E-state index contributed by atoms with van der Waals surface area (Å²) in [5.41, 5.74) is 1.29. The van der Waals surface area contributed by atoms with Crippen molar-refractivity contribution in [3.8, 4) is 11.5 Å². The number of thiazole rings is 1. The van der Waals surface area contributed by atoms with Crippen molar-refractivity contribution < 1.29 is 14.3 Å². The minimum absolute atomic E-state index is 0.00674. The van der Waals surface area contributed by atoms with Crippen LogP contribution in [0.4, 0.5) is 5.13 Å². The molecule has 152 valence electrons. The molecule has 6 nitrogen and oxygen atoms in total. The molecule has 0 bridgehead atoms. The predicted molar refractivity (Wildman–Crippen MR) is 117 cm³/mol. The number of anilines is 1. The van der Waals surface area contributed by atoms with E-state index in [1.54, 1.807) is 43.8 Å². The Bertz CT molecular complexity index is 1020. The van der Waals surface area contributed by atoms with Crippen LogP contribution in [0.15, 0.2) is 36.4 Å². The quantitative estimate of drug-likeness (QED) is 0.590. The van der Waals surface area contributed by atoms with E-state index in [1.807, 2.05) is 18.2 Å². The van der Waals surface area contributed by atoms with Gasteiger partial charge in [0.2, 0.25) is 0 Å². The number of hydrogen-bond donors (Lipinski definition) is 2. The largest absolute Gasteiger partial charge is 0.496 e. The van der Waals surface area contributed by atoms with Crippen LogP contribution >= 0.6 is 22.9 Å². The molecule has 1 aliphatic carbocycles. The summed E-state index contributed by atoms with van der Waals surface area (Å²) in [4.78, 5) is 17.6. The van der Waals surface area contributed by atoms with Gasteiger partial charge in [-0.25, -0.2) is 4.98 Å². The number of benzene rings is 2. The van der Waals surface area contributed by atoms with Gasteiger partial charge in [0.1, 0.15) is 17.1 Å². The molecule has 0 saturated heterocycles. The van der Waals surface area contributed by atoms with E-state index in [4.69, 9.17) is 21.1 Å². The van der Waals surface area contributed by atoms with Crippen molar-refractivity contribution in [2.75, 3.05) is 19.5 Å². The first-order chi connectivity index (χ1) is 14.1. The molecule has 1 aliphatic rings. The van der Waals surface area contributed by atoms with E-state index in [-0.39, 0.29) is 18.0 Å². The van der Waals surface area contributed by atoms with Gasteiger partial charge in [0.25, 0.3) is 5.91 Å². The fourth-order valence-corrected chi connectivity index (χ4v) is 4.82. The number of hydrogen-bond acceptors (Lipinski definition) is 6. The smallest absolute Gasteiger partial charge is 0.259 e. The summed E-state index contributed by atoms with van der Waals surface area (Å²) < 4.78 is 11.8. The summed E-state index contributed by atoms with van der Waals surface area (Å²) in [5.74, 6) is 0.786. The molecule has 0 spiro atoms. The number of halogens is 1. The number of rotatable bonds is 6. The molecule has 1 saturated carbocycles. The molecular formula is C21H22ClN3O3S. The van der Waals surface area contributed by atoms with E-state index in [0.717, 1.165) is 34.6 Å². The number of nitrogens with one attached hydrogen (secondary N) is 2. The Balaban J connectivity index is 1.51. The Hall–Kier alpha value is -2.51. The van der Waals surface area contributed by atoms with Crippen molar-refractivity contribution in [2.45, 2.75) is 31.3 Å². The van der Waals surface area contributed by atoms with E-state index in [0.29, 0.717) is 22.1 Å². The fourth-order valence-electron chi connectivity index (χ4n) is 3.74. The molecule has 3 aromatic rings. The molecule has 0 radical (unpaired) electrons. The van der Waals surface area contributed by atoms with Gasteiger partial charge < -0.3 is 20.1 Å². The van der Waals surface area contributed by atoms with Crippen LogP contribution in [0.5, 0.6) is 11.5 Å². The lowest BCUT2D eigenvalue weighted by atomic mass is 10.1. The van der Waals surface area contributed by atoms with E-state index >= 15 is 0 Å². The summed E-state index contributed by atoms with van der Waals surface area (Å²) in [6.07, 6.45) is 2.89. The lowest BCUT2D eigenvalue weighted by molar-refractivity contribution is 0.0929. The molecule has 1 amide bonds. The SMILES string of the molecule is COc1cccc(OC)c1C(=O)NC1CCC[C@@H]1Nc1nc2cc(Cl)ccc2s1. The molecule has 2 aromatic carbocycles. The van der Waals surface area contributed by atoms with Crippen molar-refractivity contribution >= 4 is 44.2 Å². The molecule has 1 unspecified atom stereocenters. The first-order valence-corrected chi connectivity index (χ1v) is 10.6. The number of methoxy groups -OCH3 is 2. The van der Waals surface area contributed by atoms with Gasteiger partial charge >= 0.3 is 0 Å². The van der Waals surface area contributed by atoms with E-state index in [9.17, 15) is 4.79 Å². The minimum Gasteiger partial charge on any atom is -0.496 e. The van der Waals surface area contributed by atoms with Gasteiger partial charge in [0.05, 0.1) is 24.4 Å². The zero-order valence-electron chi connectivity index (χ0n) is 16.2. The van der Waals surface area contributed by atoms with Gasteiger partial charge in [-0.2, -0.15) is 0 Å². The third kappa shape index (κ3) is 4.11.